The monoisotopic (exact) mass is 228 g/mol. The molecule has 90 valence electrons. The first-order valence-electron chi connectivity index (χ1n) is 5.14. The van der Waals surface area contributed by atoms with E-state index in [1.54, 1.807) is 0 Å². The van der Waals surface area contributed by atoms with Crippen LogP contribution in [0.3, 0.4) is 0 Å². The Morgan fingerprint density at radius 3 is 2.19 bits per heavy atom. The predicted molar refractivity (Wildman–Crippen MR) is 61.1 cm³/mol. The van der Waals surface area contributed by atoms with Crippen LogP contribution in [-0.4, -0.2) is 24.5 Å². The van der Waals surface area contributed by atoms with Gasteiger partial charge in [0, 0.05) is 11.6 Å². The fourth-order valence-electron chi connectivity index (χ4n) is 1.39. The minimum Gasteiger partial charge on any atom is -0.322 e. The lowest BCUT2D eigenvalue weighted by Gasteiger charge is -2.38. The second kappa shape index (κ2) is 4.47. The van der Waals surface area contributed by atoms with Crippen LogP contribution in [0.4, 0.5) is 8.78 Å². The lowest BCUT2D eigenvalue weighted by Crippen LogP contribution is -2.47. The molecule has 1 unspecified atom stereocenters. The lowest BCUT2D eigenvalue weighted by atomic mass is 9.88. The molecule has 1 aromatic rings. The highest BCUT2D eigenvalue weighted by molar-refractivity contribution is 5.23. The fraction of sp³-hybridized carbons (Fsp3) is 0.500. The van der Waals surface area contributed by atoms with Gasteiger partial charge < -0.3 is 10.6 Å². The Kier molecular flexibility index (Phi) is 3.65. The van der Waals surface area contributed by atoms with E-state index in [1.807, 2.05) is 32.8 Å². The molecule has 0 amide bonds. The maximum absolute atomic E-state index is 13.1. The quantitative estimate of drug-likeness (QED) is 0.860. The normalized spacial score (nSPS) is 14.2. The largest absolute Gasteiger partial charge is 0.322 e. The lowest BCUT2D eigenvalue weighted by molar-refractivity contribution is 0.158. The first-order chi connectivity index (χ1) is 7.26. The number of halogens is 2. The van der Waals surface area contributed by atoms with E-state index in [2.05, 4.69) is 0 Å². The number of hydrogen-bond acceptors (Lipinski definition) is 2. The summed E-state index contributed by atoms with van der Waals surface area (Å²) < 4.78 is 25.9. The molecule has 0 spiro atoms. The summed E-state index contributed by atoms with van der Waals surface area (Å²) in [5.74, 6) is -1.71. The molecule has 0 aliphatic carbocycles. The number of nitrogens with zero attached hydrogens (tertiary/aromatic N) is 1. The Hall–Kier alpha value is -1.00. The van der Waals surface area contributed by atoms with Gasteiger partial charge in [-0.25, -0.2) is 8.78 Å². The summed E-state index contributed by atoms with van der Waals surface area (Å²) in [5.41, 5.74) is 6.33. The number of nitrogens with two attached hydrogens (primary N) is 1. The predicted octanol–water partition coefficient (Wildman–Crippen LogP) is 2.30. The van der Waals surface area contributed by atoms with Gasteiger partial charge in [-0.1, -0.05) is 6.07 Å². The molecule has 0 heterocycles. The SMILES string of the molecule is CN(C)C(C)(C)C(N)c1ccc(F)c(F)c1. The smallest absolute Gasteiger partial charge is 0.159 e. The zero-order valence-corrected chi connectivity index (χ0v) is 10.1. The number of likely N-dealkylation sites (N-methyl/N-ethyl adjacent to an activating group) is 1. The highest BCUT2D eigenvalue weighted by Gasteiger charge is 2.30. The van der Waals surface area contributed by atoms with Crippen molar-refractivity contribution in [2.24, 2.45) is 5.73 Å². The molecule has 0 bridgehead atoms. The first kappa shape index (κ1) is 13.1. The molecule has 2 nitrogen and oxygen atoms in total. The van der Waals surface area contributed by atoms with Crippen LogP contribution >= 0.6 is 0 Å². The van der Waals surface area contributed by atoms with Gasteiger partial charge in [0.1, 0.15) is 0 Å². The molecular weight excluding hydrogens is 210 g/mol. The topological polar surface area (TPSA) is 29.3 Å². The molecule has 1 atom stereocenters. The van der Waals surface area contributed by atoms with Crippen molar-refractivity contribution in [1.82, 2.24) is 4.90 Å². The Morgan fingerprint density at radius 1 is 1.19 bits per heavy atom. The van der Waals surface area contributed by atoms with Crippen LogP contribution in [-0.2, 0) is 0 Å². The summed E-state index contributed by atoms with van der Waals surface area (Å²) >= 11 is 0. The van der Waals surface area contributed by atoms with E-state index in [4.69, 9.17) is 5.73 Å². The Bertz CT molecular complexity index is 375. The second-order valence-electron chi connectivity index (χ2n) is 4.70. The summed E-state index contributed by atoms with van der Waals surface area (Å²) in [7, 11) is 3.81. The Labute approximate surface area is 95.1 Å². The number of rotatable bonds is 3. The summed E-state index contributed by atoms with van der Waals surface area (Å²) in [6, 6.07) is 3.41. The number of hydrogen-bond donors (Lipinski definition) is 1. The van der Waals surface area contributed by atoms with E-state index < -0.39 is 11.6 Å². The Morgan fingerprint density at radius 2 is 1.75 bits per heavy atom. The van der Waals surface area contributed by atoms with E-state index in [1.165, 1.54) is 6.07 Å². The van der Waals surface area contributed by atoms with Crippen LogP contribution in [0.15, 0.2) is 18.2 Å². The van der Waals surface area contributed by atoms with Crippen molar-refractivity contribution in [3.05, 3.63) is 35.4 Å². The van der Waals surface area contributed by atoms with Gasteiger partial charge in [-0.2, -0.15) is 0 Å². The minimum atomic E-state index is -0.859. The molecule has 0 radical (unpaired) electrons. The second-order valence-corrected chi connectivity index (χ2v) is 4.70. The van der Waals surface area contributed by atoms with Gasteiger partial charge >= 0.3 is 0 Å². The molecule has 1 rings (SSSR count). The molecule has 0 saturated carbocycles. The zero-order chi connectivity index (χ0) is 12.5. The van der Waals surface area contributed by atoms with Crippen LogP contribution in [0.1, 0.15) is 25.5 Å². The molecule has 0 aromatic heterocycles. The van der Waals surface area contributed by atoms with Gasteiger partial charge in [0.15, 0.2) is 11.6 Å². The van der Waals surface area contributed by atoms with E-state index in [9.17, 15) is 8.78 Å². The first-order valence-corrected chi connectivity index (χ1v) is 5.14. The molecule has 4 heteroatoms. The van der Waals surface area contributed by atoms with E-state index >= 15 is 0 Å². The zero-order valence-electron chi connectivity index (χ0n) is 10.1. The Balaban J connectivity index is 3.05. The van der Waals surface area contributed by atoms with E-state index in [-0.39, 0.29) is 11.6 Å². The van der Waals surface area contributed by atoms with Crippen LogP contribution in [0.2, 0.25) is 0 Å². The third kappa shape index (κ3) is 2.39. The van der Waals surface area contributed by atoms with Crippen LogP contribution < -0.4 is 5.73 Å². The standard InChI is InChI=1S/C12H18F2N2/c1-12(2,16(3)4)11(15)8-5-6-9(13)10(14)7-8/h5-7,11H,15H2,1-4H3. The molecular formula is C12H18F2N2. The van der Waals surface area contributed by atoms with Crippen LogP contribution in [0, 0.1) is 11.6 Å². The third-order valence-corrected chi connectivity index (χ3v) is 3.22. The van der Waals surface area contributed by atoms with Crippen molar-refractivity contribution in [2.75, 3.05) is 14.1 Å². The number of benzene rings is 1. The van der Waals surface area contributed by atoms with Crippen molar-refractivity contribution in [3.8, 4) is 0 Å². The molecule has 0 aliphatic rings. The van der Waals surface area contributed by atoms with Crippen LogP contribution in [0.5, 0.6) is 0 Å². The summed E-state index contributed by atoms with van der Waals surface area (Å²) in [6.07, 6.45) is 0. The van der Waals surface area contributed by atoms with E-state index in [0.29, 0.717) is 5.56 Å². The molecule has 0 aliphatic heterocycles. The molecule has 1 aromatic carbocycles. The minimum absolute atomic E-state index is 0.329. The fourth-order valence-corrected chi connectivity index (χ4v) is 1.39. The molecule has 0 saturated heterocycles. The van der Waals surface area contributed by atoms with Crippen molar-refractivity contribution in [3.63, 3.8) is 0 Å². The summed E-state index contributed by atoms with van der Waals surface area (Å²) in [6.45, 7) is 3.91. The molecule has 0 fully saturated rings. The van der Waals surface area contributed by atoms with Crippen molar-refractivity contribution >= 4 is 0 Å². The average molecular weight is 228 g/mol. The van der Waals surface area contributed by atoms with Crippen molar-refractivity contribution < 1.29 is 8.78 Å². The average Bonchev–Trinajstić information content (AvgIpc) is 2.20. The van der Waals surface area contributed by atoms with Gasteiger partial charge in [-0.05, 0) is 45.6 Å². The third-order valence-electron chi connectivity index (χ3n) is 3.22. The van der Waals surface area contributed by atoms with Gasteiger partial charge in [-0.15, -0.1) is 0 Å². The van der Waals surface area contributed by atoms with Gasteiger partial charge in [0.25, 0.3) is 0 Å². The van der Waals surface area contributed by atoms with Crippen molar-refractivity contribution in [2.45, 2.75) is 25.4 Å². The van der Waals surface area contributed by atoms with Gasteiger partial charge in [-0.3, -0.25) is 0 Å². The highest BCUT2D eigenvalue weighted by atomic mass is 19.2. The summed E-state index contributed by atoms with van der Waals surface area (Å²) in [4.78, 5) is 1.96. The molecule has 16 heavy (non-hydrogen) atoms. The van der Waals surface area contributed by atoms with Gasteiger partial charge in [0.05, 0.1) is 0 Å². The molecule has 2 N–H and O–H groups in total. The van der Waals surface area contributed by atoms with Gasteiger partial charge in [0.2, 0.25) is 0 Å². The highest BCUT2D eigenvalue weighted by Crippen LogP contribution is 2.27. The maximum atomic E-state index is 13.1. The van der Waals surface area contributed by atoms with Crippen LogP contribution in [0.25, 0.3) is 0 Å². The maximum Gasteiger partial charge on any atom is 0.159 e. The summed E-state index contributed by atoms with van der Waals surface area (Å²) in [5, 5.41) is 0. The van der Waals surface area contributed by atoms with Crippen molar-refractivity contribution in [1.29, 1.82) is 0 Å². The van der Waals surface area contributed by atoms with E-state index in [0.717, 1.165) is 12.1 Å².